The van der Waals surface area contributed by atoms with Gasteiger partial charge in [0.2, 0.25) is 0 Å². The Kier molecular flexibility index (Phi) is 28.3. The Bertz CT molecular complexity index is 315. The largest absolute Gasteiger partial charge is 0.162 e. The maximum Gasteiger partial charge on any atom is -0.00271 e. The molecule has 0 nitrogen and oxygen atoms in total. The zero-order valence-corrected chi connectivity index (χ0v) is 15.7. The minimum Gasteiger partial charge on any atom is -0.162 e. The minimum atomic E-state index is 1.14. The van der Waals surface area contributed by atoms with E-state index in [0.29, 0.717) is 0 Å². The number of benzene rings is 1. The molecule has 1 rings (SSSR count). The van der Waals surface area contributed by atoms with E-state index < -0.39 is 0 Å². The smallest absolute Gasteiger partial charge is 0.00271 e. The van der Waals surface area contributed by atoms with E-state index >= 15 is 0 Å². The zero-order chi connectivity index (χ0) is 16.9. The third-order valence-electron chi connectivity index (χ3n) is 2.50. The van der Waals surface area contributed by atoms with Crippen molar-refractivity contribution in [2.24, 2.45) is 0 Å². The molecule has 0 aliphatic carbocycles. The Morgan fingerprint density at radius 3 is 1.67 bits per heavy atom. The number of allylic oxidation sites excluding steroid dienone is 2. The molecule has 1 aromatic rings. The fourth-order valence-corrected chi connectivity index (χ4v) is 1.94. The first-order valence-corrected chi connectivity index (χ1v) is 9.00. The fraction of sp³-hybridized carbons (Fsp3) is 0.500. The van der Waals surface area contributed by atoms with Crippen LogP contribution in [0.2, 0.25) is 0 Å². The molecule has 0 fully saturated rings. The van der Waals surface area contributed by atoms with Gasteiger partial charge in [0.05, 0.1) is 0 Å². The quantitative estimate of drug-likeness (QED) is 0.344. The summed E-state index contributed by atoms with van der Waals surface area (Å²) in [4.78, 5) is 0. The summed E-state index contributed by atoms with van der Waals surface area (Å²) in [6, 6.07) is 9.00. The molecule has 0 aromatic heterocycles. The maximum atomic E-state index is 4.00. The average molecular weight is 307 g/mol. The van der Waals surface area contributed by atoms with Crippen molar-refractivity contribution in [1.29, 1.82) is 0 Å². The predicted molar refractivity (Wildman–Crippen MR) is 104 cm³/mol. The van der Waals surface area contributed by atoms with E-state index in [1.54, 1.807) is 0 Å². The molecule has 0 aliphatic heterocycles. The van der Waals surface area contributed by atoms with Crippen LogP contribution in [0.1, 0.15) is 52.7 Å². The van der Waals surface area contributed by atoms with Crippen molar-refractivity contribution >= 4 is 11.8 Å². The summed E-state index contributed by atoms with van der Waals surface area (Å²) >= 11 is 2.01. The van der Waals surface area contributed by atoms with Crippen LogP contribution in [0.15, 0.2) is 36.4 Å². The topological polar surface area (TPSA) is 0 Å². The number of hydrogen-bond acceptors (Lipinski definition) is 1. The second-order valence-electron chi connectivity index (χ2n) is 3.78. The molecule has 1 aromatic carbocycles. The van der Waals surface area contributed by atoms with Gasteiger partial charge in [-0.25, -0.2) is 0 Å². The van der Waals surface area contributed by atoms with Crippen LogP contribution in [-0.4, -0.2) is 11.5 Å². The first-order chi connectivity index (χ1) is 10.3. The molecule has 0 bridgehead atoms. The van der Waals surface area contributed by atoms with E-state index in [1.165, 1.54) is 29.1 Å². The molecule has 0 amide bonds. The van der Waals surface area contributed by atoms with Crippen LogP contribution in [0.3, 0.4) is 0 Å². The number of rotatable bonds is 5. The van der Waals surface area contributed by atoms with Gasteiger partial charge >= 0.3 is 0 Å². The Morgan fingerprint density at radius 2 is 1.33 bits per heavy atom. The number of aryl methyl sites for hydroxylation is 2. The van der Waals surface area contributed by atoms with E-state index in [1.807, 2.05) is 51.6 Å². The summed E-state index contributed by atoms with van der Waals surface area (Å²) in [6.45, 7) is 12.4. The summed E-state index contributed by atoms with van der Waals surface area (Å²) in [5.41, 5.74) is 2.91. The second-order valence-corrected chi connectivity index (χ2v) is 5.18. The molecular weight excluding hydrogens is 272 g/mol. The lowest BCUT2D eigenvalue weighted by Gasteiger charge is -2.01. The molecule has 0 spiro atoms. The van der Waals surface area contributed by atoms with Crippen LogP contribution in [0, 0.1) is 12.8 Å². The standard InChI is InChI=1S/C12H18S.C4H8.C2H6.C2H2/c1-3-11-5-7-12(8-6-11)9-10-13-4-2;1-3-4-2;2*1-2/h5-8H,3-4,9-10H2,1-2H3;3-4H,1-2H3;1-2H3;1-2H/b;4-3-;;. The van der Waals surface area contributed by atoms with Crippen molar-refractivity contribution in [1.82, 2.24) is 0 Å². The van der Waals surface area contributed by atoms with E-state index in [0.717, 1.165) is 6.42 Å². The molecule has 0 unspecified atom stereocenters. The molecule has 0 radical (unpaired) electrons. The van der Waals surface area contributed by atoms with Gasteiger partial charge in [-0.05, 0) is 49.3 Å². The highest BCUT2D eigenvalue weighted by Gasteiger charge is 1.93. The number of terminal acetylenes is 1. The van der Waals surface area contributed by atoms with E-state index in [9.17, 15) is 0 Å². The molecule has 1 heteroatoms. The third kappa shape index (κ3) is 18.9. The van der Waals surface area contributed by atoms with Crippen LogP contribution < -0.4 is 0 Å². The lowest BCUT2D eigenvalue weighted by molar-refractivity contribution is 1.11. The van der Waals surface area contributed by atoms with Crippen LogP contribution in [0.5, 0.6) is 0 Å². The van der Waals surface area contributed by atoms with Gasteiger partial charge in [-0.3, -0.25) is 0 Å². The van der Waals surface area contributed by atoms with Gasteiger partial charge in [0.25, 0.3) is 0 Å². The first-order valence-electron chi connectivity index (χ1n) is 7.84. The van der Waals surface area contributed by atoms with Crippen LogP contribution >= 0.6 is 11.8 Å². The highest BCUT2D eigenvalue weighted by Crippen LogP contribution is 2.08. The third-order valence-corrected chi connectivity index (χ3v) is 3.40. The molecule has 120 valence electrons. The average Bonchev–Trinajstić information content (AvgIpc) is 2.59. The van der Waals surface area contributed by atoms with Gasteiger partial charge in [-0.15, -0.1) is 12.8 Å². The zero-order valence-electron chi connectivity index (χ0n) is 14.9. The van der Waals surface area contributed by atoms with Gasteiger partial charge in [0.1, 0.15) is 0 Å². The molecular formula is C20H34S. The summed E-state index contributed by atoms with van der Waals surface area (Å²) in [5.74, 6) is 2.48. The molecule has 0 saturated carbocycles. The van der Waals surface area contributed by atoms with Gasteiger partial charge in [-0.1, -0.05) is 64.1 Å². The van der Waals surface area contributed by atoms with E-state index in [4.69, 9.17) is 0 Å². The van der Waals surface area contributed by atoms with Gasteiger partial charge in [0, 0.05) is 0 Å². The molecule has 0 aliphatic rings. The van der Waals surface area contributed by atoms with Crippen molar-refractivity contribution in [2.75, 3.05) is 11.5 Å². The Labute approximate surface area is 138 Å². The normalized spacial score (nSPS) is 8.57. The summed E-state index contributed by atoms with van der Waals surface area (Å²) in [5, 5.41) is 0. The number of thioether (sulfide) groups is 1. The van der Waals surface area contributed by atoms with Crippen LogP contribution in [0.25, 0.3) is 0 Å². The molecule has 21 heavy (non-hydrogen) atoms. The number of hydrogen-bond donors (Lipinski definition) is 0. The Hall–Kier alpha value is -1.13. The summed E-state index contributed by atoms with van der Waals surface area (Å²) in [7, 11) is 0. The predicted octanol–water partition coefficient (Wildman–Crippen LogP) is 6.40. The van der Waals surface area contributed by atoms with Crippen LogP contribution in [-0.2, 0) is 12.8 Å². The SMILES string of the molecule is C#C.C/C=C\C.CC.CCSCCc1ccc(CC)cc1. The highest BCUT2D eigenvalue weighted by atomic mass is 32.2. The van der Waals surface area contributed by atoms with Gasteiger partial charge in [-0.2, -0.15) is 11.8 Å². The van der Waals surface area contributed by atoms with E-state index in [-0.39, 0.29) is 0 Å². The second kappa shape index (κ2) is 23.9. The van der Waals surface area contributed by atoms with E-state index in [2.05, 4.69) is 51.0 Å². The van der Waals surface area contributed by atoms with Crippen molar-refractivity contribution in [3.05, 3.63) is 47.5 Å². The first kappa shape index (κ1) is 24.9. The van der Waals surface area contributed by atoms with Crippen molar-refractivity contribution in [2.45, 2.75) is 54.4 Å². The monoisotopic (exact) mass is 306 g/mol. The van der Waals surface area contributed by atoms with Crippen molar-refractivity contribution < 1.29 is 0 Å². The maximum absolute atomic E-state index is 4.00. The van der Waals surface area contributed by atoms with Gasteiger partial charge < -0.3 is 0 Å². The minimum absolute atomic E-state index is 1.14. The van der Waals surface area contributed by atoms with Crippen LogP contribution in [0.4, 0.5) is 0 Å². The van der Waals surface area contributed by atoms with Crippen molar-refractivity contribution in [3.63, 3.8) is 0 Å². The lowest BCUT2D eigenvalue weighted by Crippen LogP contribution is -1.89. The molecule has 0 atom stereocenters. The highest BCUT2D eigenvalue weighted by molar-refractivity contribution is 7.99. The fourth-order valence-electron chi connectivity index (χ4n) is 1.28. The summed E-state index contributed by atoms with van der Waals surface area (Å²) < 4.78 is 0. The molecule has 0 heterocycles. The molecule has 0 saturated heterocycles. The van der Waals surface area contributed by atoms with Gasteiger partial charge in [0.15, 0.2) is 0 Å². The molecule has 0 N–H and O–H groups in total. The lowest BCUT2D eigenvalue weighted by atomic mass is 10.1. The van der Waals surface area contributed by atoms with Crippen molar-refractivity contribution in [3.8, 4) is 12.8 Å². The summed E-state index contributed by atoms with van der Waals surface area (Å²) in [6.07, 6.45) is 14.4. The Balaban J connectivity index is -0.000000343. The Morgan fingerprint density at radius 1 is 0.905 bits per heavy atom.